The molecule has 0 unspecified atom stereocenters. The van der Waals surface area contributed by atoms with Gasteiger partial charge in [-0.2, -0.15) is 0 Å². The maximum Gasteiger partial charge on any atom is 0.120 e. The van der Waals surface area contributed by atoms with Crippen LogP contribution in [0.15, 0.2) is 43.0 Å². The standard InChI is InChI=1S/C18H25NO2/c1-2-4-17(14-19)16-5-3-6-18(13-16)21-12-11-20-10-9-15-7-8-15/h2-6,13,15H,1,7-12,14,19H2/b17-4+. The van der Waals surface area contributed by atoms with Gasteiger partial charge in [0.15, 0.2) is 0 Å². The molecule has 0 heterocycles. The minimum Gasteiger partial charge on any atom is -0.491 e. The predicted molar refractivity (Wildman–Crippen MR) is 87.3 cm³/mol. The van der Waals surface area contributed by atoms with Gasteiger partial charge in [0.1, 0.15) is 12.4 Å². The Morgan fingerprint density at radius 3 is 2.86 bits per heavy atom. The van der Waals surface area contributed by atoms with Gasteiger partial charge in [-0.15, -0.1) is 0 Å². The minimum atomic E-state index is 0.486. The van der Waals surface area contributed by atoms with E-state index >= 15 is 0 Å². The van der Waals surface area contributed by atoms with E-state index in [-0.39, 0.29) is 0 Å². The molecule has 0 aliphatic heterocycles. The highest BCUT2D eigenvalue weighted by molar-refractivity contribution is 5.69. The first-order chi connectivity index (χ1) is 10.3. The number of hydrogen-bond acceptors (Lipinski definition) is 3. The summed E-state index contributed by atoms with van der Waals surface area (Å²) in [6.45, 7) is 6.27. The number of ether oxygens (including phenoxy) is 2. The van der Waals surface area contributed by atoms with Crippen molar-refractivity contribution in [2.45, 2.75) is 19.3 Å². The molecular formula is C18H25NO2. The summed E-state index contributed by atoms with van der Waals surface area (Å²) >= 11 is 0. The fraction of sp³-hybridized carbons (Fsp3) is 0.444. The van der Waals surface area contributed by atoms with Crippen LogP contribution in [0.3, 0.4) is 0 Å². The lowest BCUT2D eigenvalue weighted by atomic mass is 10.1. The van der Waals surface area contributed by atoms with Crippen molar-refractivity contribution in [3.8, 4) is 5.75 Å². The quantitative estimate of drug-likeness (QED) is 0.530. The van der Waals surface area contributed by atoms with Gasteiger partial charge in [0, 0.05) is 13.2 Å². The van der Waals surface area contributed by atoms with E-state index < -0.39 is 0 Å². The van der Waals surface area contributed by atoms with E-state index in [1.165, 1.54) is 19.3 Å². The van der Waals surface area contributed by atoms with Gasteiger partial charge in [-0.1, -0.05) is 43.7 Å². The van der Waals surface area contributed by atoms with Crippen LogP contribution >= 0.6 is 0 Å². The third-order valence-corrected chi connectivity index (χ3v) is 3.61. The average molecular weight is 287 g/mol. The van der Waals surface area contributed by atoms with Crippen molar-refractivity contribution in [1.82, 2.24) is 0 Å². The van der Waals surface area contributed by atoms with E-state index in [0.717, 1.165) is 29.4 Å². The lowest BCUT2D eigenvalue weighted by Crippen LogP contribution is -2.08. The Labute approximate surface area is 127 Å². The first kappa shape index (κ1) is 15.8. The molecule has 1 aliphatic carbocycles. The molecule has 3 heteroatoms. The van der Waals surface area contributed by atoms with Crippen LogP contribution in [-0.2, 0) is 4.74 Å². The van der Waals surface area contributed by atoms with E-state index in [1.54, 1.807) is 6.08 Å². The molecule has 0 spiro atoms. The Morgan fingerprint density at radius 1 is 1.29 bits per heavy atom. The second kappa shape index (κ2) is 8.65. The third kappa shape index (κ3) is 5.74. The highest BCUT2D eigenvalue weighted by atomic mass is 16.5. The number of rotatable bonds is 10. The molecule has 1 aliphatic rings. The van der Waals surface area contributed by atoms with Crippen molar-refractivity contribution >= 4 is 5.57 Å². The Morgan fingerprint density at radius 2 is 2.14 bits per heavy atom. The van der Waals surface area contributed by atoms with Gasteiger partial charge in [0.05, 0.1) is 6.61 Å². The first-order valence-electron chi connectivity index (χ1n) is 7.66. The van der Waals surface area contributed by atoms with Gasteiger partial charge < -0.3 is 15.2 Å². The molecule has 2 rings (SSSR count). The van der Waals surface area contributed by atoms with E-state index in [1.807, 2.05) is 30.3 Å². The van der Waals surface area contributed by atoms with Crippen LogP contribution in [0.1, 0.15) is 24.8 Å². The van der Waals surface area contributed by atoms with E-state index in [4.69, 9.17) is 15.2 Å². The van der Waals surface area contributed by atoms with Crippen LogP contribution in [0, 0.1) is 5.92 Å². The summed E-state index contributed by atoms with van der Waals surface area (Å²) < 4.78 is 11.3. The van der Waals surface area contributed by atoms with Crippen molar-refractivity contribution in [1.29, 1.82) is 0 Å². The number of benzene rings is 1. The molecule has 1 saturated carbocycles. The van der Waals surface area contributed by atoms with Crippen molar-refractivity contribution < 1.29 is 9.47 Å². The molecular weight excluding hydrogens is 262 g/mol. The Balaban J connectivity index is 1.74. The zero-order valence-electron chi connectivity index (χ0n) is 12.6. The smallest absolute Gasteiger partial charge is 0.120 e. The Hall–Kier alpha value is -1.58. The molecule has 1 aromatic carbocycles. The van der Waals surface area contributed by atoms with Crippen molar-refractivity contribution in [3.63, 3.8) is 0 Å². The zero-order valence-corrected chi connectivity index (χ0v) is 12.6. The fourth-order valence-electron chi connectivity index (χ4n) is 2.19. The van der Waals surface area contributed by atoms with Crippen molar-refractivity contribution in [2.75, 3.05) is 26.4 Å². The van der Waals surface area contributed by atoms with Crippen molar-refractivity contribution in [2.24, 2.45) is 11.7 Å². The summed E-state index contributed by atoms with van der Waals surface area (Å²) in [6.07, 6.45) is 7.65. The van der Waals surface area contributed by atoms with Crippen LogP contribution in [0.4, 0.5) is 0 Å². The maximum atomic E-state index is 5.75. The van der Waals surface area contributed by atoms with E-state index in [0.29, 0.717) is 19.8 Å². The van der Waals surface area contributed by atoms with Crippen LogP contribution < -0.4 is 10.5 Å². The van der Waals surface area contributed by atoms with Gasteiger partial charge in [-0.3, -0.25) is 0 Å². The van der Waals surface area contributed by atoms with Gasteiger partial charge in [0.25, 0.3) is 0 Å². The molecule has 1 aromatic rings. The third-order valence-electron chi connectivity index (χ3n) is 3.61. The van der Waals surface area contributed by atoms with Crippen LogP contribution in [0.2, 0.25) is 0 Å². The zero-order chi connectivity index (χ0) is 14.9. The molecule has 2 N–H and O–H groups in total. The van der Waals surface area contributed by atoms with E-state index in [2.05, 4.69) is 6.58 Å². The SMILES string of the molecule is C=C/C=C(\CN)c1cccc(OCCOCCC2CC2)c1. The topological polar surface area (TPSA) is 44.5 Å². The summed E-state index contributed by atoms with van der Waals surface area (Å²) in [6, 6.07) is 7.97. The highest BCUT2D eigenvalue weighted by Gasteiger charge is 2.20. The Kier molecular flexibility index (Phi) is 6.51. The molecule has 21 heavy (non-hydrogen) atoms. The maximum absolute atomic E-state index is 5.75. The second-order valence-electron chi connectivity index (χ2n) is 5.35. The molecule has 0 aromatic heterocycles. The summed E-state index contributed by atoms with van der Waals surface area (Å²) in [7, 11) is 0. The lowest BCUT2D eigenvalue weighted by molar-refractivity contribution is 0.0958. The summed E-state index contributed by atoms with van der Waals surface area (Å²) in [5.74, 6) is 1.77. The summed E-state index contributed by atoms with van der Waals surface area (Å²) in [4.78, 5) is 0. The van der Waals surface area contributed by atoms with Gasteiger partial charge in [-0.05, 0) is 35.6 Å². The molecule has 114 valence electrons. The van der Waals surface area contributed by atoms with Crippen LogP contribution in [0.5, 0.6) is 5.75 Å². The monoisotopic (exact) mass is 287 g/mol. The van der Waals surface area contributed by atoms with Crippen LogP contribution in [-0.4, -0.2) is 26.4 Å². The van der Waals surface area contributed by atoms with Crippen LogP contribution in [0.25, 0.3) is 5.57 Å². The summed E-state index contributed by atoms with van der Waals surface area (Å²) in [5.41, 5.74) is 7.87. The molecule has 0 saturated heterocycles. The van der Waals surface area contributed by atoms with E-state index in [9.17, 15) is 0 Å². The number of hydrogen-bond donors (Lipinski definition) is 1. The lowest BCUT2D eigenvalue weighted by Gasteiger charge is -2.10. The van der Waals surface area contributed by atoms with Gasteiger partial charge >= 0.3 is 0 Å². The average Bonchev–Trinajstić information content (AvgIpc) is 3.33. The number of nitrogens with two attached hydrogens (primary N) is 1. The molecule has 3 nitrogen and oxygen atoms in total. The largest absolute Gasteiger partial charge is 0.491 e. The van der Waals surface area contributed by atoms with Gasteiger partial charge in [0.2, 0.25) is 0 Å². The molecule has 0 radical (unpaired) electrons. The normalized spacial score (nSPS) is 15.0. The fourth-order valence-corrected chi connectivity index (χ4v) is 2.19. The summed E-state index contributed by atoms with van der Waals surface area (Å²) in [5, 5.41) is 0. The highest BCUT2D eigenvalue weighted by Crippen LogP contribution is 2.32. The predicted octanol–water partition coefficient (Wildman–Crippen LogP) is 3.41. The number of allylic oxidation sites excluding steroid dienone is 2. The van der Waals surface area contributed by atoms with Gasteiger partial charge in [-0.25, -0.2) is 0 Å². The van der Waals surface area contributed by atoms with Crippen molar-refractivity contribution in [3.05, 3.63) is 48.6 Å². The molecule has 0 amide bonds. The first-order valence-corrected chi connectivity index (χ1v) is 7.66. The molecule has 0 atom stereocenters. The molecule has 0 bridgehead atoms. The Bertz CT molecular complexity index is 478. The minimum absolute atomic E-state index is 0.486. The molecule has 1 fully saturated rings. The second-order valence-corrected chi connectivity index (χ2v) is 5.35.